The Bertz CT molecular complexity index is 640. The first kappa shape index (κ1) is 14.2. The van der Waals surface area contributed by atoms with Crippen LogP contribution in [0.5, 0.6) is 0 Å². The van der Waals surface area contributed by atoms with Crippen LogP contribution in [0.2, 0.25) is 5.02 Å². The van der Waals surface area contributed by atoms with Crippen molar-refractivity contribution in [1.29, 1.82) is 0 Å². The minimum absolute atomic E-state index is 0.0820. The lowest BCUT2D eigenvalue weighted by Gasteiger charge is -2.07. The van der Waals surface area contributed by atoms with Gasteiger partial charge in [-0.3, -0.25) is 4.79 Å². The fourth-order valence-electron chi connectivity index (χ4n) is 1.81. The van der Waals surface area contributed by atoms with Crippen LogP contribution in [0.3, 0.4) is 0 Å². The Kier molecular flexibility index (Phi) is 4.38. The summed E-state index contributed by atoms with van der Waals surface area (Å²) in [6.45, 7) is 1.91. The summed E-state index contributed by atoms with van der Waals surface area (Å²) in [5.74, 6) is -0.487. The lowest BCUT2D eigenvalue weighted by atomic mass is 10.0. The molecule has 0 saturated carbocycles. The molecule has 0 N–H and O–H groups in total. The maximum Gasteiger partial charge on any atom is 0.168 e. The SMILES string of the molecule is Cc1cccc(C(=O)Cc2cc(F)ccc2Cl)c1Br. The van der Waals surface area contributed by atoms with Crippen LogP contribution in [0.1, 0.15) is 21.5 Å². The first-order valence-electron chi connectivity index (χ1n) is 5.71. The molecule has 0 atom stereocenters. The van der Waals surface area contributed by atoms with Gasteiger partial charge in [0.2, 0.25) is 0 Å². The molecule has 1 nitrogen and oxygen atoms in total. The molecule has 19 heavy (non-hydrogen) atoms. The van der Waals surface area contributed by atoms with Crippen LogP contribution in [-0.4, -0.2) is 5.78 Å². The summed E-state index contributed by atoms with van der Waals surface area (Å²) in [4.78, 5) is 12.2. The lowest BCUT2D eigenvalue weighted by Crippen LogP contribution is -2.06. The molecule has 0 heterocycles. The zero-order chi connectivity index (χ0) is 14.0. The van der Waals surface area contributed by atoms with E-state index in [-0.39, 0.29) is 12.2 Å². The Balaban J connectivity index is 2.31. The molecule has 0 fully saturated rings. The molecule has 0 amide bonds. The van der Waals surface area contributed by atoms with E-state index in [0.29, 0.717) is 16.1 Å². The summed E-state index contributed by atoms with van der Waals surface area (Å²) in [6.07, 6.45) is 0.0820. The van der Waals surface area contributed by atoms with Crippen molar-refractivity contribution in [2.24, 2.45) is 0 Å². The predicted octanol–water partition coefficient (Wildman–Crippen LogP) is 4.98. The monoisotopic (exact) mass is 340 g/mol. The van der Waals surface area contributed by atoms with Gasteiger partial charge >= 0.3 is 0 Å². The highest BCUT2D eigenvalue weighted by atomic mass is 79.9. The van der Waals surface area contributed by atoms with Crippen LogP contribution in [0.25, 0.3) is 0 Å². The topological polar surface area (TPSA) is 17.1 Å². The van der Waals surface area contributed by atoms with Gasteiger partial charge < -0.3 is 0 Å². The molecule has 2 aromatic rings. The summed E-state index contributed by atoms with van der Waals surface area (Å²) < 4.78 is 13.9. The van der Waals surface area contributed by atoms with E-state index in [4.69, 9.17) is 11.6 Å². The van der Waals surface area contributed by atoms with Gasteiger partial charge in [0.25, 0.3) is 0 Å². The maximum absolute atomic E-state index is 13.2. The number of Topliss-reactive ketones (excluding diaryl/α,β-unsaturated/α-hetero) is 1. The highest BCUT2D eigenvalue weighted by molar-refractivity contribution is 9.10. The third-order valence-corrected chi connectivity index (χ3v) is 4.27. The Morgan fingerprint density at radius 1 is 1.32 bits per heavy atom. The van der Waals surface area contributed by atoms with Gasteiger partial charge in [-0.15, -0.1) is 0 Å². The van der Waals surface area contributed by atoms with E-state index in [2.05, 4.69) is 15.9 Å². The molecule has 0 aliphatic heterocycles. The van der Waals surface area contributed by atoms with Gasteiger partial charge in [0.1, 0.15) is 5.82 Å². The molecule has 98 valence electrons. The zero-order valence-corrected chi connectivity index (χ0v) is 12.6. The molecular weight excluding hydrogens is 331 g/mol. The average molecular weight is 342 g/mol. The quantitative estimate of drug-likeness (QED) is 0.720. The number of benzene rings is 2. The number of rotatable bonds is 3. The van der Waals surface area contributed by atoms with Crippen LogP contribution in [0, 0.1) is 12.7 Å². The molecule has 4 heteroatoms. The van der Waals surface area contributed by atoms with Crippen molar-refractivity contribution in [2.45, 2.75) is 13.3 Å². The standard InChI is InChI=1S/C15H11BrClFO/c1-9-3-2-4-12(15(9)16)14(19)8-10-7-11(18)5-6-13(10)17/h2-7H,8H2,1H3. The largest absolute Gasteiger partial charge is 0.294 e. The Morgan fingerprint density at radius 3 is 2.79 bits per heavy atom. The second kappa shape index (κ2) is 5.85. The number of ketones is 1. The van der Waals surface area contributed by atoms with Gasteiger partial charge in [-0.25, -0.2) is 4.39 Å². The van der Waals surface area contributed by atoms with E-state index < -0.39 is 5.82 Å². The fraction of sp³-hybridized carbons (Fsp3) is 0.133. The van der Waals surface area contributed by atoms with Crippen LogP contribution in [0.4, 0.5) is 4.39 Å². The predicted molar refractivity (Wildman–Crippen MR) is 78.3 cm³/mol. The van der Waals surface area contributed by atoms with Crippen molar-refractivity contribution in [1.82, 2.24) is 0 Å². The Labute approximate surface area is 124 Å². The Hall–Kier alpha value is -1.19. The molecule has 2 rings (SSSR count). The minimum Gasteiger partial charge on any atom is -0.294 e. The second-order valence-corrected chi connectivity index (χ2v) is 5.47. The fourth-order valence-corrected chi connectivity index (χ4v) is 2.48. The highest BCUT2D eigenvalue weighted by Gasteiger charge is 2.14. The minimum atomic E-state index is -0.393. The number of aryl methyl sites for hydroxylation is 1. The van der Waals surface area contributed by atoms with Crippen LogP contribution >= 0.6 is 27.5 Å². The van der Waals surface area contributed by atoms with Crippen molar-refractivity contribution in [3.8, 4) is 0 Å². The van der Waals surface area contributed by atoms with E-state index in [1.807, 2.05) is 19.1 Å². The van der Waals surface area contributed by atoms with Crippen LogP contribution in [-0.2, 0) is 6.42 Å². The molecule has 0 aliphatic rings. The average Bonchev–Trinajstić information content (AvgIpc) is 2.37. The van der Waals surface area contributed by atoms with Gasteiger partial charge in [0.15, 0.2) is 5.78 Å². The van der Waals surface area contributed by atoms with E-state index in [1.165, 1.54) is 18.2 Å². The lowest BCUT2D eigenvalue weighted by molar-refractivity contribution is 0.0992. The van der Waals surface area contributed by atoms with Crippen molar-refractivity contribution in [2.75, 3.05) is 0 Å². The summed E-state index contributed by atoms with van der Waals surface area (Å²) >= 11 is 9.37. The van der Waals surface area contributed by atoms with Crippen molar-refractivity contribution >= 4 is 33.3 Å². The van der Waals surface area contributed by atoms with Crippen molar-refractivity contribution in [3.05, 3.63) is 68.4 Å². The van der Waals surface area contributed by atoms with Crippen molar-refractivity contribution in [3.63, 3.8) is 0 Å². The van der Waals surface area contributed by atoms with Crippen LogP contribution in [0.15, 0.2) is 40.9 Å². The third kappa shape index (κ3) is 3.23. The van der Waals surface area contributed by atoms with Gasteiger partial charge in [-0.1, -0.05) is 29.8 Å². The molecule has 0 radical (unpaired) electrons. The highest BCUT2D eigenvalue weighted by Crippen LogP contribution is 2.24. The smallest absolute Gasteiger partial charge is 0.168 e. The maximum atomic E-state index is 13.2. The molecule has 0 aliphatic carbocycles. The third-order valence-electron chi connectivity index (χ3n) is 2.85. The van der Waals surface area contributed by atoms with Crippen molar-refractivity contribution < 1.29 is 9.18 Å². The number of hydrogen-bond acceptors (Lipinski definition) is 1. The number of halogens is 3. The molecule has 0 saturated heterocycles. The van der Waals surface area contributed by atoms with Gasteiger partial charge in [0, 0.05) is 21.5 Å². The zero-order valence-electron chi connectivity index (χ0n) is 10.2. The summed E-state index contributed by atoms with van der Waals surface area (Å²) in [7, 11) is 0. The molecule has 0 bridgehead atoms. The molecular formula is C15H11BrClFO. The number of hydrogen-bond donors (Lipinski definition) is 0. The summed E-state index contributed by atoms with van der Waals surface area (Å²) in [6, 6.07) is 9.51. The summed E-state index contributed by atoms with van der Waals surface area (Å²) in [5, 5.41) is 0.401. The van der Waals surface area contributed by atoms with E-state index in [1.54, 1.807) is 6.07 Å². The van der Waals surface area contributed by atoms with Gasteiger partial charge in [0.05, 0.1) is 0 Å². The number of carbonyl (C=O) groups is 1. The number of carbonyl (C=O) groups excluding carboxylic acids is 1. The van der Waals surface area contributed by atoms with E-state index in [0.717, 1.165) is 10.0 Å². The van der Waals surface area contributed by atoms with E-state index >= 15 is 0 Å². The van der Waals surface area contributed by atoms with Crippen LogP contribution < -0.4 is 0 Å². The van der Waals surface area contributed by atoms with Gasteiger partial charge in [-0.2, -0.15) is 0 Å². The van der Waals surface area contributed by atoms with E-state index in [9.17, 15) is 9.18 Å². The molecule has 0 unspecified atom stereocenters. The normalized spacial score (nSPS) is 10.5. The summed E-state index contributed by atoms with van der Waals surface area (Å²) in [5.41, 5.74) is 2.07. The van der Waals surface area contributed by atoms with Gasteiger partial charge in [-0.05, 0) is 52.2 Å². The Morgan fingerprint density at radius 2 is 2.05 bits per heavy atom. The first-order valence-corrected chi connectivity index (χ1v) is 6.88. The molecule has 0 aromatic heterocycles. The molecule has 2 aromatic carbocycles. The first-order chi connectivity index (χ1) is 8.99. The molecule has 0 spiro atoms. The second-order valence-electron chi connectivity index (χ2n) is 4.27.